The lowest BCUT2D eigenvalue weighted by Crippen LogP contribution is -2.68. The molecule has 3 aliphatic rings. The fraction of sp³-hybridized carbons (Fsp3) is 1.00. The molecule has 80 valence electrons. The van der Waals surface area contributed by atoms with Crippen molar-refractivity contribution in [3.63, 3.8) is 0 Å². The van der Waals surface area contributed by atoms with Crippen LogP contribution < -0.4 is 5.32 Å². The largest absolute Gasteiger partial charge is 0.381 e. The van der Waals surface area contributed by atoms with Gasteiger partial charge in [-0.05, 0) is 37.1 Å². The minimum absolute atomic E-state index is 0.568. The molecule has 2 aliphatic carbocycles. The third kappa shape index (κ3) is 0.772. The summed E-state index contributed by atoms with van der Waals surface area (Å²) in [6.07, 6.45) is 6.12. The van der Waals surface area contributed by atoms with Crippen molar-refractivity contribution in [1.82, 2.24) is 5.32 Å². The van der Waals surface area contributed by atoms with Gasteiger partial charge in [0.2, 0.25) is 0 Å². The number of ether oxygens (including phenoxy) is 1. The Labute approximate surface area is 86.4 Å². The summed E-state index contributed by atoms with van der Waals surface area (Å²) in [5.74, 6) is 0.856. The van der Waals surface area contributed by atoms with Crippen molar-refractivity contribution in [3.05, 3.63) is 0 Å². The van der Waals surface area contributed by atoms with Gasteiger partial charge in [-0.3, -0.25) is 0 Å². The maximum absolute atomic E-state index is 5.65. The normalized spacial score (nSPS) is 49.3. The Hall–Kier alpha value is -0.0800. The molecule has 3 rings (SSSR count). The molecule has 1 saturated heterocycles. The summed E-state index contributed by atoms with van der Waals surface area (Å²) in [5, 5.41) is 3.58. The zero-order valence-corrected chi connectivity index (χ0v) is 9.31. The number of hydrogen-bond donors (Lipinski definition) is 1. The Bertz CT molecular complexity index is 249. The maximum atomic E-state index is 5.65. The molecule has 0 radical (unpaired) electrons. The molecule has 1 aliphatic heterocycles. The molecule has 0 amide bonds. The molecule has 0 bridgehead atoms. The van der Waals surface area contributed by atoms with Gasteiger partial charge in [0.05, 0.1) is 6.10 Å². The smallest absolute Gasteiger partial charge is 0.0639 e. The van der Waals surface area contributed by atoms with Crippen molar-refractivity contribution < 1.29 is 4.74 Å². The molecule has 3 unspecified atom stereocenters. The third-order valence-corrected chi connectivity index (χ3v) is 5.52. The molecule has 3 atom stereocenters. The summed E-state index contributed by atoms with van der Waals surface area (Å²) in [5.41, 5.74) is 1.18. The van der Waals surface area contributed by atoms with Gasteiger partial charge in [0.25, 0.3) is 0 Å². The van der Waals surface area contributed by atoms with Crippen LogP contribution in [0, 0.1) is 16.7 Å². The fourth-order valence-electron chi connectivity index (χ4n) is 4.43. The highest BCUT2D eigenvalue weighted by molar-refractivity contribution is 5.20. The summed E-state index contributed by atoms with van der Waals surface area (Å²) < 4.78 is 5.65. The molecule has 0 aromatic rings. The van der Waals surface area contributed by atoms with E-state index in [1.807, 2.05) is 7.11 Å². The zero-order chi connectivity index (χ0) is 9.81. The number of methoxy groups -OCH3 is 1. The Morgan fingerprint density at radius 2 is 2.07 bits per heavy atom. The van der Waals surface area contributed by atoms with Crippen LogP contribution in [-0.4, -0.2) is 26.3 Å². The summed E-state index contributed by atoms with van der Waals surface area (Å²) >= 11 is 0. The fourth-order valence-corrected chi connectivity index (χ4v) is 4.43. The van der Waals surface area contributed by atoms with Crippen LogP contribution in [0.5, 0.6) is 0 Å². The molecular formula is C12H21NO. The SMILES string of the molecule is COC1CC2(CNCC2C)C12CCC2. The first-order valence-corrected chi connectivity index (χ1v) is 5.99. The van der Waals surface area contributed by atoms with Gasteiger partial charge in [0, 0.05) is 19.1 Å². The lowest BCUT2D eigenvalue weighted by Gasteiger charge is -2.69. The highest BCUT2D eigenvalue weighted by Crippen LogP contribution is 2.71. The van der Waals surface area contributed by atoms with Crippen molar-refractivity contribution in [3.8, 4) is 0 Å². The first kappa shape index (κ1) is 9.17. The van der Waals surface area contributed by atoms with Crippen molar-refractivity contribution >= 4 is 0 Å². The van der Waals surface area contributed by atoms with Crippen LogP contribution in [0.4, 0.5) is 0 Å². The van der Waals surface area contributed by atoms with Gasteiger partial charge in [-0.25, -0.2) is 0 Å². The predicted octanol–water partition coefficient (Wildman–Crippen LogP) is 1.80. The van der Waals surface area contributed by atoms with Gasteiger partial charge in [0.1, 0.15) is 0 Å². The first-order chi connectivity index (χ1) is 6.75. The first-order valence-electron chi connectivity index (χ1n) is 5.99. The zero-order valence-electron chi connectivity index (χ0n) is 9.31. The van der Waals surface area contributed by atoms with E-state index in [1.165, 1.54) is 38.8 Å². The second-order valence-corrected chi connectivity index (χ2v) is 5.63. The maximum Gasteiger partial charge on any atom is 0.0639 e. The van der Waals surface area contributed by atoms with E-state index in [1.54, 1.807) is 0 Å². The van der Waals surface area contributed by atoms with E-state index < -0.39 is 0 Å². The van der Waals surface area contributed by atoms with Gasteiger partial charge in [-0.15, -0.1) is 0 Å². The lowest BCUT2D eigenvalue weighted by atomic mass is 9.37. The van der Waals surface area contributed by atoms with Crippen molar-refractivity contribution in [2.75, 3.05) is 20.2 Å². The highest BCUT2D eigenvalue weighted by Gasteiger charge is 2.70. The molecule has 14 heavy (non-hydrogen) atoms. The molecule has 1 N–H and O–H groups in total. The van der Waals surface area contributed by atoms with Crippen LogP contribution >= 0.6 is 0 Å². The van der Waals surface area contributed by atoms with E-state index in [4.69, 9.17) is 4.74 Å². The van der Waals surface area contributed by atoms with Crippen LogP contribution in [0.1, 0.15) is 32.6 Å². The van der Waals surface area contributed by atoms with E-state index in [0.29, 0.717) is 16.9 Å². The molecular weight excluding hydrogens is 174 g/mol. The monoisotopic (exact) mass is 195 g/mol. The lowest BCUT2D eigenvalue weighted by molar-refractivity contribution is -0.249. The summed E-state index contributed by atoms with van der Waals surface area (Å²) in [6.45, 7) is 4.89. The van der Waals surface area contributed by atoms with E-state index >= 15 is 0 Å². The molecule has 0 aromatic carbocycles. The average Bonchev–Trinajstić information content (AvgIpc) is 2.42. The molecule has 0 aromatic heterocycles. The van der Waals surface area contributed by atoms with Crippen LogP contribution in [0.2, 0.25) is 0 Å². The third-order valence-electron chi connectivity index (χ3n) is 5.52. The number of fused-ring (bicyclic) bond motifs is 1. The van der Waals surface area contributed by atoms with Crippen LogP contribution in [-0.2, 0) is 4.74 Å². The van der Waals surface area contributed by atoms with Gasteiger partial charge in [-0.1, -0.05) is 13.3 Å². The number of hydrogen-bond acceptors (Lipinski definition) is 2. The quantitative estimate of drug-likeness (QED) is 0.689. The molecule has 2 saturated carbocycles. The Morgan fingerprint density at radius 3 is 2.50 bits per heavy atom. The van der Waals surface area contributed by atoms with E-state index in [9.17, 15) is 0 Å². The van der Waals surface area contributed by atoms with Crippen molar-refractivity contribution in [2.45, 2.75) is 38.7 Å². The van der Waals surface area contributed by atoms with Gasteiger partial charge in [0.15, 0.2) is 0 Å². The molecule has 2 heteroatoms. The van der Waals surface area contributed by atoms with Gasteiger partial charge >= 0.3 is 0 Å². The second-order valence-electron chi connectivity index (χ2n) is 5.63. The number of rotatable bonds is 1. The van der Waals surface area contributed by atoms with Gasteiger partial charge in [-0.2, -0.15) is 0 Å². The highest BCUT2D eigenvalue weighted by atomic mass is 16.5. The Kier molecular flexibility index (Phi) is 1.79. The van der Waals surface area contributed by atoms with E-state index in [-0.39, 0.29) is 0 Å². The summed E-state index contributed by atoms with van der Waals surface area (Å²) in [7, 11) is 1.89. The molecule has 2 nitrogen and oxygen atoms in total. The Balaban J connectivity index is 1.89. The number of nitrogens with one attached hydrogen (secondary N) is 1. The van der Waals surface area contributed by atoms with Gasteiger partial charge < -0.3 is 10.1 Å². The Morgan fingerprint density at radius 1 is 1.29 bits per heavy atom. The second kappa shape index (κ2) is 2.73. The van der Waals surface area contributed by atoms with Crippen molar-refractivity contribution in [2.24, 2.45) is 16.7 Å². The molecule has 1 heterocycles. The van der Waals surface area contributed by atoms with E-state index in [2.05, 4.69) is 12.2 Å². The van der Waals surface area contributed by atoms with Crippen LogP contribution in [0.15, 0.2) is 0 Å². The van der Waals surface area contributed by atoms with Crippen molar-refractivity contribution in [1.29, 1.82) is 0 Å². The standard InChI is InChI=1S/C12H21NO/c1-9-7-13-8-12(9)6-10(14-2)11(12)4-3-5-11/h9-10,13H,3-8H2,1-2H3. The molecule has 3 fully saturated rings. The van der Waals surface area contributed by atoms with Crippen LogP contribution in [0.3, 0.4) is 0 Å². The van der Waals surface area contributed by atoms with E-state index in [0.717, 1.165) is 5.92 Å². The topological polar surface area (TPSA) is 21.3 Å². The summed E-state index contributed by atoms with van der Waals surface area (Å²) in [4.78, 5) is 0. The molecule has 2 spiro atoms. The minimum atomic E-state index is 0.568. The summed E-state index contributed by atoms with van der Waals surface area (Å²) in [6, 6.07) is 0. The minimum Gasteiger partial charge on any atom is -0.381 e. The predicted molar refractivity (Wildman–Crippen MR) is 56.2 cm³/mol. The van der Waals surface area contributed by atoms with Crippen LogP contribution in [0.25, 0.3) is 0 Å². The average molecular weight is 195 g/mol.